The van der Waals surface area contributed by atoms with E-state index in [0.29, 0.717) is 5.06 Å². The molecule has 0 unspecified atom stereocenters. The third kappa shape index (κ3) is 3.43. The van der Waals surface area contributed by atoms with Crippen LogP contribution >= 0.6 is 0 Å². The molecule has 8 nitrogen and oxygen atoms in total. The fourth-order valence-corrected chi connectivity index (χ4v) is 2.24. The Morgan fingerprint density at radius 2 is 1.67 bits per heavy atom. The fourth-order valence-electron chi connectivity index (χ4n) is 2.24. The quantitative estimate of drug-likeness (QED) is 0.761. The summed E-state index contributed by atoms with van der Waals surface area (Å²) in [6, 6.07) is 5.15. The number of ether oxygens (including phenoxy) is 1. The van der Waals surface area contributed by atoms with Gasteiger partial charge in [0.05, 0.1) is 11.1 Å². The molecule has 0 aliphatic carbocycles. The van der Waals surface area contributed by atoms with Gasteiger partial charge >= 0.3 is 5.97 Å². The Morgan fingerprint density at radius 1 is 1.12 bits per heavy atom. The van der Waals surface area contributed by atoms with Crippen molar-refractivity contribution in [2.45, 2.75) is 19.9 Å². The maximum Gasteiger partial charge on any atom is 0.355 e. The lowest BCUT2D eigenvalue weighted by Crippen LogP contribution is -2.49. The molecule has 24 heavy (non-hydrogen) atoms. The van der Waals surface area contributed by atoms with Gasteiger partial charge in [-0.3, -0.25) is 14.4 Å². The first-order valence-electron chi connectivity index (χ1n) is 7.34. The van der Waals surface area contributed by atoms with Crippen molar-refractivity contribution in [2.75, 3.05) is 13.7 Å². The number of nitrogens with one attached hydrogen (secondary N) is 1. The van der Waals surface area contributed by atoms with Crippen LogP contribution in [0.25, 0.3) is 0 Å². The molecule has 1 atom stereocenters. The highest BCUT2D eigenvalue weighted by Crippen LogP contribution is 2.23. The SMILES string of the molecule is COCC(=O)N[C@H](C(=O)ON1C(=O)c2ccccc2C1=O)C(C)C. The standard InChI is InChI=1S/C16H18N2O6/c1-9(2)13(17-12(19)8-23-3)16(22)24-18-14(20)10-6-4-5-7-11(10)15(18)21/h4-7,9,13H,8H2,1-3H3,(H,17,19)/t13-/m0/s1. The molecule has 1 heterocycles. The van der Waals surface area contributed by atoms with Crippen LogP contribution in [0.1, 0.15) is 34.6 Å². The molecular weight excluding hydrogens is 316 g/mol. The van der Waals surface area contributed by atoms with E-state index < -0.39 is 29.7 Å². The highest BCUT2D eigenvalue weighted by Gasteiger charge is 2.40. The smallest absolute Gasteiger partial charge is 0.355 e. The summed E-state index contributed by atoms with van der Waals surface area (Å²) in [4.78, 5) is 53.2. The molecule has 0 spiro atoms. The van der Waals surface area contributed by atoms with E-state index in [4.69, 9.17) is 9.57 Å². The Kier molecular flexibility index (Phi) is 5.30. The number of nitrogens with zero attached hydrogens (tertiary/aromatic N) is 1. The molecule has 1 aromatic rings. The number of fused-ring (bicyclic) bond motifs is 1. The number of hydrogen-bond donors (Lipinski definition) is 1. The van der Waals surface area contributed by atoms with Crippen LogP contribution in [0.15, 0.2) is 24.3 Å². The van der Waals surface area contributed by atoms with Gasteiger partial charge in [0.1, 0.15) is 12.6 Å². The Morgan fingerprint density at radius 3 is 2.12 bits per heavy atom. The number of rotatable bonds is 6. The van der Waals surface area contributed by atoms with Crippen molar-refractivity contribution in [1.82, 2.24) is 10.4 Å². The minimum atomic E-state index is -1.02. The average molecular weight is 334 g/mol. The van der Waals surface area contributed by atoms with Crippen LogP contribution in [0.5, 0.6) is 0 Å². The third-order valence-electron chi connectivity index (χ3n) is 3.45. The zero-order chi connectivity index (χ0) is 17.9. The van der Waals surface area contributed by atoms with E-state index in [-0.39, 0.29) is 23.7 Å². The second-order valence-corrected chi connectivity index (χ2v) is 5.58. The Balaban J connectivity index is 2.12. The predicted octanol–water partition coefficient (Wildman–Crippen LogP) is 0.528. The summed E-state index contributed by atoms with van der Waals surface area (Å²) >= 11 is 0. The van der Waals surface area contributed by atoms with Crippen molar-refractivity contribution in [3.05, 3.63) is 35.4 Å². The molecule has 0 radical (unpaired) electrons. The zero-order valence-corrected chi connectivity index (χ0v) is 13.6. The van der Waals surface area contributed by atoms with Gasteiger partial charge in [0.15, 0.2) is 0 Å². The summed E-state index contributed by atoms with van der Waals surface area (Å²) in [7, 11) is 1.35. The molecule has 0 saturated carbocycles. The Bertz CT molecular complexity index is 650. The number of carbonyl (C=O) groups is 4. The van der Waals surface area contributed by atoms with Crippen LogP contribution in [0.3, 0.4) is 0 Å². The first-order chi connectivity index (χ1) is 11.4. The molecule has 128 valence electrons. The second kappa shape index (κ2) is 7.22. The Labute approximate surface area is 138 Å². The molecule has 0 bridgehead atoms. The van der Waals surface area contributed by atoms with Crippen LogP contribution in [0.2, 0.25) is 0 Å². The minimum absolute atomic E-state index is 0.166. The number of benzene rings is 1. The molecule has 3 amide bonds. The van der Waals surface area contributed by atoms with Crippen molar-refractivity contribution < 1.29 is 28.8 Å². The molecule has 8 heteroatoms. The van der Waals surface area contributed by atoms with Crippen molar-refractivity contribution in [3.63, 3.8) is 0 Å². The summed E-state index contributed by atoms with van der Waals surface area (Å²) in [5, 5.41) is 2.88. The highest BCUT2D eigenvalue weighted by molar-refractivity contribution is 6.20. The fraction of sp³-hybridized carbons (Fsp3) is 0.375. The van der Waals surface area contributed by atoms with Gasteiger partial charge in [-0.1, -0.05) is 31.0 Å². The summed E-state index contributed by atoms with van der Waals surface area (Å²) in [5.74, 6) is -3.14. The summed E-state index contributed by atoms with van der Waals surface area (Å²) in [6.07, 6.45) is 0. The predicted molar refractivity (Wildman–Crippen MR) is 81.7 cm³/mol. The van der Waals surface area contributed by atoms with Crippen molar-refractivity contribution in [3.8, 4) is 0 Å². The number of hydrogen-bond acceptors (Lipinski definition) is 6. The van der Waals surface area contributed by atoms with Gasteiger partial charge in [-0.25, -0.2) is 4.79 Å². The third-order valence-corrected chi connectivity index (χ3v) is 3.45. The first-order valence-corrected chi connectivity index (χ1v) is 7.34. The minimum Gasteiger partial charge on any atom is -0.375 e. The van der Waals surface area contributed by atoms with Crippen molar-refractivity contribution in [2.24, 2.45) is 5.92 Å². The first kappa shape index (κ1) is 17.6. The van der Waals surface area contributed by atoms with Crippen LogP contribution in [-0.2, 0) is 19.2 Å². The van der Waals surface area contributed by atoms with Crippen LogP contribution in [0.4, 0.5) is 0 Å². The van der Waals surface area contributed by atoms with Gasteiger partial charge < -0.3 is 14.9 Å². The molecule has 0 saturated heterocycles. The van der Waals surface area contributed by atoms with Crippen LogP contribution in [0, 0.1) is 5.92 Å². The summed E-state index contributed by atoms with van der Waals surface area (Å²) < 4.78 is 4.69. The van der Waals surface area contributed by atoms with E-state index in [9.17, 15) is 19.2 Å². The zero-order valence-electron chi connectivity index (χ0n) is 13.6. The maximum atomic E-state index is 12.3. The van der Waals surface area contributed by atoms with Crippen LogP contribution < -0.4 is 5.32 Å². The number of methoxy groups -OCH3 is 1. The van der Waals surface area contributed by atoms with E-state index in [0.717, 1.165) is 0 Å². The van der Waals surface area contributed by atoms with Gasteiger partial charge in [-0.05, 0) is 18.1 Å². The van der Waals surface area contributed by atoms with Gasteiger partial charge in [0.25, 0.3) is 11.8 Å². The van der Waals surface area contributed by atoms with Crippen molar-refractivity contribution in [1.29, 1.82) is 0 Å². The van der Waals surface area contributed by atoms with Gasteiger partial charge in [0.2, 0.25) is 5.91 Å². The topological polar surface area (TPSA) is 102 Å². The lowest BCUT2D eigenvalue weighted by Gasteiger charge is -2.22. The number of carbonyl (C=O) groups excluding carboxylic acids is 4. The van der Waals surface area contributed by atoms with Gasteiger partial charge in [-0.15, -0.1) is 0 Å². The lowest BCUT2D eigenvalue weighted by atomic mass is 10.0. The van der Waals surface area contributed by atoms with E-state index in [1.165, 1.54) is 19.2 Å². The lowest BCUT2D eigenvalue weighted by molar-refractivity contribution is -0.173. The molecule has 0 fully saturated rings. The number of hydroxylamine groups is 2. The average Bonchev–Trinajstić information content (AvgIpc) is 2.78. The van der Waals surface area contributed by atoms with E-state index in [1.54, 1.807) is 26.0 Å². The normalized spacial score (nSPS) is 14.6. The largest absolute Gasteiger partial charge is 0.375 e. The van der Waals surface area contributed by atoms with E-state index in [1.807, 2.05) is 0 Å². The van der Waals surface area contributed by atoms with Crippen molar-refractivity contribution >= 4 is 23.7 Å². The van der Waals surface area contributed by atoms with E-state index in [2.05, 4.69) is 5.32 Å². The maximum absolute atomic E-state index is 12.3. The summed E-state index contributed by atoms with van der Waals surface area (Å²) in [6.45, 7) is 3.17. The van der Waals surface area contributed by atoms with Gasteiger partial charge in [0, 0.05) is 7.11 Å². The van der Waals surface area contributed by atoms with Gasteiger partial charge in [-0.2, -0.15) is 0 Å². The molecule has 2 rings (SSSR count). The molecule has 1 aliphatic rings. The molecule has 1 aliphatic heterocycles. The second-order valence-electron chi connectivity index (χ2n) is 5.58. The molecule has 0 aromatic heterocycles. The number of amides is 3. The summed E-state index contributed by atoms with van der Waals surface area (Å²) in [5.41, 5.74) is 0.333. The monoisotopic (exact) mass is 334 g/mol. The van der Waals surface area contributed by atoms with Crippen LogP contribution in [-0.4, -0.2) is 48.5 Å². The molecule has 1 aromatic carbocycles. The molecule has 1 N–H and O–H groups in total. The number of imide groups is 1. The molecular formula is C16H18N2O6. The Hall–Kier alpha value is -2.74. The van der Waals surface area contributed by atoms with E-state index >= 15 is 0 Å². The highest BCUT2D eigenvalue weighted by atomic mass is 16.7.